The number of benzene rings is 2. The molecule has 2 heterocycles. The third-order valence-electron chi connectivity index (χ3n) is 4.87. The standard InChI is InChI=1S/C22H20N6O2/c1-13-7-16(12-29)8-14(2)20(13)28-11-19(30)26-18-10-24-22(27-21(18)28)25-17-5-3-15(9-23)4-6-17/h3-8,10,29H,11-12H2,1-2H3,(H,26,30)(H,24,25,27). The Labute approximate surface area is 173 Å². The van der Waals surface area contributed by atoms with Gasteiger partial charge in [-0.2, -0.15) is 10.2 Å². The fraction of sp³-hybridized carbons (Fsp3) is 0.182. The second kappa shape index (κ2) is 7.81. The minimum Gasteiger partial charge on any atom is -0.392 e. The maximum absolute atomic E-state index is 12.3. The molecule has 0 atom stereocenters. The second-order valence-corrected chi connectivity index (χ2v) is 7.12. The van der Waals surface area contributed by atoms with E-state index >= 15 is 0 Å². The van der Waals surface area contributed by atoms with Gasteiger partial charge in [-0.05, 0) is 54.8 Å². The van der Waals surface area contributed by atoms with Crippen LogP contribution in [0.15, 0.2) is 42.6 Å². The largest absolute Gasteiger partial charge is 0.392 e. The second-order valence-electron chi connectivity index (χ2n) is 7.12. The first-order valence-corrected chi connectivity index (χ1v) is 9.41. The summed E-state index contributed by atoms with van der Waals surface area (Å²) in [6, 6.07) is 12.9. The van der Waals surface area contributed by atoms with Crippen LogP contribution >= 0.6 is 0 Å². The van der Waals surface area contributed by atoms with Crippen molar-refractivity contribution in [1.82, 2.24) is 9.97 Å². The first-order chi connectivity index (χ1) is 14.5. The molecule has 3 N–H and O–H groups in total. The number of carbonyl (C=O) groups is 1. The third-order valence-corrected chi connectivity index (χ3v) is 4.87. The van der Waals surface area contributed by atoms with Crippen molar-refractivity contribution in [2.45, 2.75) is 20.5 Å². The molecule has 0 aliphatic carbocycles. The Hall–Kier alpha value is -3.96. The maximum Gasteiger partial charge on any atom is 0.244 e. The van der Waals surface area contributed by atoms with E-state index in [0.717, 1.165) is 28.1 Å². The van der Waals surface area contributed by atoms with Crippen LogP contribution in [0.4, 0.5) is 28.8 Å². The van der Waals surface area contributed by atoms with Gasteiger partial charge in [-0.15, -0.1) is 0 Å². The highest BCUT2D eigenvalue weighted by Crippen LogP contribution is 2.37. The molecule has 0 fully saturated rings. The van der Waals surface area contributed by atoms with Crippen LogP contribution in [-0.2, 0) is 11.4 Å². The van der Waals surface area contributed by atoms with Crippen molar-refractivity contribution in [2.24, 2.45) is 0 Å². The summed E-state index contributed by atoms with van der Waals surface area (Å²) in [6.07, 6.45) is 1.57. The average molecular weight is 400 g/mol. The summed E-state index contributed by atoms with van der Waals surface area (Å²) in [7, 11) is 0. The number of hydrogen-bond donors (Lipinski definition) is 3. The SMILES string of the molecule is Cc1cc(CO)cc(C)c1N1CC(=O)Nc2cnc(Nc3ccc(C#N)cc3)nc21. The zero-order valence-electron chi connectivity index (χ0n) is 16.6. The highest BCUT2D eigenvalue weighted by atomic mass is 16.3. The third kappa shape index (κ3) is 3.66. The van der Waals surface area contributed by atoms with E-state index in [9.17, 15) is 9.90 Å². The lowest BCUT2D eigenvalue weighted by atomic mass is 10.0. The van der Waals surface area contributed by atoms with Gasteiger partial charge in [-0.3, -0.25) is 4.79 Å². The van der Waals surface area contributed by atoms with Gasteiger partial charge in [-0.1, -0.05) is 12.1 Å². The van der Waals surface area contributed by atoms with Crippen LogP contribution in [0.2, 0.25) is 0 Å². The fourth-order valence-corrected chi connectivity index (χ4v) is 3.64. The molecular formula is C22H20N6O2. The van der Waals surface area contributed by atoms with E-state index in [1.54, 1.807) is 30.5 Å². The molecule has 0 saturated carbocycles. The van der Waals surface area contributed by atoms with E-state index in [2.05, 4.69) is 26.7 Å². The Morgan fingerprint density at radius 1 is 1.23 bits per heavy atom. The molecule has 1 aromatic heterocycles. The van der Waals surface area contributed by atoms with E-state index in [1.165, 1.54) is 0 Å². The van der Waals surface area contributed by atoms with Gasteiger partial charge in [0.25, 0.3) is 0 Å². The average Bonchev–Trinajstić information content (AvgIpc) is 2.74. The van der Waals surface area contributed by atoms with Crippen molar-refractivity contribution in [1.29, 1.82) is 5.26 Å². The van der Waals surface area contributed by atoms with E-state index in [-0.39, 0.29) is 19.1 Å². The Morgan fingerprint density at radius 3 is 2.57 bits per heavy atom. The lowest BCUT2D eigenvalue weighted by molar-refractivity contribution is -0.115. The molecule has 0 unspecified atom stereocenters. The molecule has 1 amide bonds. The number of fused-ring (bicyclic) bond motifs is 1. The minimum absolute atomic E-state index is 0.0418. The van der Waals surface area contributed by atoms with Crippen LogP contribution in [-0.4, -0.2) is 27.5 Å². The van der Waals surface area contributed by atoms with Crippen molar-refractivity contribution in [3.63, 3.8) is 0 Å². The number of nitriles is 1. The minimum atomic E-state index is -0.149. The first kappa shape index (κ1) is 19.4. The topological polar surface area (TPSA) is 114 Å². The van der Waals surface area contributed by atoms with Crippen LogP contribution in [0.1, 0.15) is 22.3 Å². The Morgan fingerprint density at radius 2 is 1.93 bits per heavy atom. The molecular weight excluding hydrogens is 380 g/mol. The number of aromatic nitrogens is 2. The Kier molecular flexibility index (Phi) is 5.04. The van der Waals surface area contributed by atoms with Crippen LogP contribution in [0.5, 0.6) is 0 Å². The fourth-order valence-electron chi connectivity index (χ4n) is 3.64. The molecule has 1 aliphatic rings. The highest BCUT2D eigenvalue weighted by Gasteiger charge is 2.27. The number of aliphatic hydroxyl groups is 1. The van der Waals surface area contributed by atoms with E-state index in [1.807, 2.05) is 30.9 Å². The molecule has 0 saturated heterocycles. The molecule has 0 radical (unpaired) electrons. The summed E-state index contributed by atoms with van der Waals surface area (Å²) in [4.78, 5) is 23.1. The molecule has 3 aromatic rings. The molecule has 150 valence electrons. The van der Waals surface area contributed by atoms with E-state index < -0.39 is 0 Å². The van der Waals surface area contributed by atoms with Gasteiger partial charge < -0.3 is 20.6 Å². The molecule has 0 spiro atoms. The van der Waals surface area contributed by atoms with E-state index in [4.69, 9.17) is 5.26 Å². The van der Waals surface area contributed by atoms with Gasteiger partial charge >= 0.3 is 0 Å². The predicted molar refractivity (Wildman–Crippen MR) is 114 cm³/mol. The highest BCUT2D eigenvalue weighted by molar-refractivity contribution is 6.02. The number of aryl methyl sites for hydroxylation is 2. The molecule has 8 heteroatoms. The smallest absolute Gasteiger partial charge is 0.244 e. The van der Waals surface area contributed by atoms with Gasteiger partial charge in [0.1, 0.15) is 12.2 Å². The van der Waals surface area contributed by atoms with E-state index in [0.29, 0.717) is 23.0 Å². The number of nitrogens with one attached hydrogen (secondary N) is 2. The number of hydrogen-bond acceptors (Lipinski definition) is 7. The number of carbonyl (C=O) groups excluding carboxylic acids is 1. The summed E-state index contributed by atoms with van der Waals surface area (Å²) >= 11 is 0. The molecule has 2 aromatic carbocycles. The molecule has 4 rings (SSSR count). The zero-order valence-corrected chi connectivity index (χ0v) is 16.6. The molecule has 8 nitrogen and oxygen atoms in total. The zero-order chi connectivity index (χ0) is 21.3. The van der Waals surface area contributed by atoms with Gasteiger partial charge in [0.05, 0.1) is 24.4 Å². The number of amides is 1. The predicted octanol–water partition coefficient (Wildman–Crippen LogP) is 3.29. The molecule has 0 bridgehead atoms. The lowest BCUT2D eigenvalue weighted by Gasteiger charge is -2.32. The number of rotatable bonds is 4. The van der Waals surface area contributed by atoms with Crippen molar-refractivity contribution in [3.8, 4) is 6.07 Å². The van der Waals surface area contributed by atoms with Crippen LogP contribution in [0, 0.1) is 25.2 Å². The summed E-state index contributed by atoms with van der Waals surface area (Å²) in [5.74, 6) is 0.814. The molecule has 30 heavy (non-hydrogen) atoms. The summed E-state index contributed by atoms with van der Waals surface area (Å²) in [5.41, 5.74) is 5.44. The maximum atomic E-state index is 12.3. The Bertz CT molecular complexity index is 1140. The summed E-state index contributed by atoms with van der Waals surface area (Å²) in [5, 5.41) is 24.4. The number of anilines is 5. The van der Waals surface area contributed by atoms with Crippen molar-refractivity contribution < 1.29 is 9.90 Å². The van der Waals surface area contributed by atoms with Gasteiger partial charge in [0.15, 0.2) is 5.82 Å². The lowest BCUT2D eigenvalue weighted by Crippen LogP contribution is -2.36. The van der Waals surface area contributed by atoms with Crippen molar-refractivity contribution in [3.05, 3.63) is 64.8 Å². The normalized spacial score (nSPS) is 12.7. The quantitative estimate of drug-likeness (QED) is 0.616. The van der Waals surface area contributed by atoms with Crippen LogP contribution in [0.3, 0.4) is 0 Å². The van der Waals surface area contributed by atoms with Gasteiger partial charge in [0.2, 0.25) is 11.9 Å². The number of aliphatic hydroxyl groups excluding tert-OH is 1. The van der Waals surface area contributed by atoms with Crippen LogP contribution in [0.25, 0.3) is 0 Å². The molecule has 1 aliphatic heterocycles. The van der Waals surface area contributed by atoms with Gasteiger partial charge in [-0.25, -0.2) is 4.98 Å². The summed E-state index contributed by atoms with van der Waals surface area (Å²) in [6.45, 7) is 3.98. The summed E-state index contributed by atoms with van der Waals surface area (Å²) < 4.78 is 0. The first-order valence-electron chi connectivity index (χ1n) is 9.41. The van der Waals surface area contributed by atoms with Gasteiger partial charge in [0, 0.05) is 11.4 Å². The monoisotopic (exact) mass is 400 g/mol. The van der Waals surface area contributed by atoms with Crippen molar-refractivity contribution >= 4 is 34.7 Å². The number of nitrogens with zero attached hydrogens (tertiary/aromatic N) is 4. The van der Waals surface area contributed by atoms with Crippen LogP contribution < -0.4 is 15.5 Å². The van der Waals surface area contributed by atoms with Crippen molar-refractivity contribution in [2.75, 3.05) is 22.1 Å². The Balaban J connectivity index is 1.73.